The predicted molar refractivity (Wildman–Crippen MR) is 165 cm³/mol. The van der Waals surface area contributed by atoms with Gasteiger partial charge in [-0.15, -0.1) is 11.3 Å². The molecule has 1 amide bonds. The van der Waals surface area contributed by atoms with Gasteiger partial charge in [-0.3, -0.25) is 14.7 Å². The van der Waals surface area contributed by atoms with Crippen LogP contribution in [0.4, 0.5) is 15.8 Å². The smallest absolute Gasteiger partial charge is 0.268 e. The van der Waals surface area contributed by atoms with Crippen molar-refractivity contribution in [3.63, 3.8) is 0 Å². The number of benzene rings is 2. The number of rotatable bonds is 9. The molecule has 0 bridgehead atoms. The van der Waals surface area contributed by atoms with E-state index in [0.717, 1.165) is 31.7 Å². The number of thiophene rings is 1. The lowest BCUT2D eigenvalue weighted by atomic mass is 10.1. The first kappa shape index (κ1) is 27.3. The highest BCUT2D eigenvalue weighted by Gasteiger charge is 2.56. The highest BCUT2D eigenvalue weighted by atomic mass is 32.1. The summed E-state index contributed by atoms with van der Waals surface area (Å²) in [5.74, 6) is 1.19. The van der Waals surface area contributed by atoms with E-state index in [2.05, 4.69) is 41.3 Å². The number of hydrogen-bond acceptors (Lipinski definition) is 6. The van der Waals surface area contributed by atoms with Crippen molar-refractivity contribution in [2.75, 3.05) is 55.7 Å². The molecule has 2 aromatic heterocycles. The van der Waals surface area contributed by atoms with Crippen molar-refractivity contribution in [1.82, 2.24) is 9.88 Å². The van der Waals surface area contributed by atoms with Crippen LogP contribution >= 0.6 is 11.3 Å². The summed E-state index contributed by atoms with van der Waals surface area (Å²) in [5, 5.41) is 1.92. The molecule has 4 heterocycles. The molecule has 2 unspecified atom stereocenters. The largest absolute Gasteiger partial charge is 0.378 e. The zero-order chi connectivity index (χ0) is 28.5. The third-order valence-electron chi connectivity index (χ3n) is 8.93. The number of carbonyl (C=O) groups excluding carboxylic acids is 1. The summed E-state index contributed by atoms with van der Waals surface area (Å²) in [6, 6.07) is 23.8. The topological polar surface area (TPSA) is 48.9 Å². The lowest BCUT2D eigenvalue weighted by Gasteiger charge is -2.30. The highest BCUT2D eigenvalue weighted by molar-refractivity contribution is 7.12. The number of halogens is 1. The maximum atomic E-state index is 15.3. The lowest BCUT2D eigenvalue weighted by Crippen LogP contribution is -2.37. The number of pyridine rings is 1. The Morgan fingerprint density at radius 2 is 1.79 bits per heavy atom. The molecular weight excluding hydrogens is 547 g/mol. The Balaban J connectivity index is 0.990. The number of morpholine rings is 1. The van der Waals surface area contributed by atoms with Crippen molar-refractivity contribution in [1.29, 1.82) is 0 Å². The first-order valence-corrected chi connectivity index (χ1v) is 15.7. The van der Waals surface area contributed by atoms with Crippen molar-refractivity contribution >= 4 is 28.6 Å². The summed E-state index contributed by atoms with van der Waals surface area (Å²) in [7, 11) is 0. The molecule has 216 valence electrons. The van der Waals surface area contributed by atoms with Gasteiger partial charge in [-0.2, -0.15) is 0 Å². The standard InChI is InChI=1S/C34H35FN4O2S/c35-31-18-27(10-11-32(31)38-12-14-41-15-13-38)39(34(40)33-7-4-16-42-33)23-30-28-21-37(22-29(28)30)20-26-9-8-25(19-36-26)17-24-5-2-1-3-6-24/h1-11,16,18-19,28-30H,12-15,17,20-23H2. The van der Waals surface area contributed by atoms with Gasteiger partial charge in [0.1, 0.15) is 5.82 Å². The van der Waals surface area contributed by atoms with Crippen LogP contribution in [0.3, 0.4) is 0 Å². The van der Waals surface area contributed by atoms with E-state index >= 15 is 4.39 Å². The van der Waals surface area contributed by atoms with Crippen LogP contribution in [0.1, 0.15) is 26.5 Å². The first-order valence-electron chi connectivity index (χ1n) is 14.8. The summed E-state index contributed by atoms with van der Waals surface area (Å²) < 4.78 is 20.8. The third-order valence-corrected chi connectivity index (χ3v) is 9.79. The van der Waals surface area contributed by atoms with Gasteiger partial charge in [-0.05, 0) is 71.0 Å². The number of ether oxygens (including phenoxy) is 1. The van der Waals surface area contributed by atoms with E-state index < -0.39 is 0 Å². The molecule has 3 aliphatic rings. The summed E-state index contributed by atoms with van der Waals surface area (Å²) in [4.78, 5) is 25.3. The SMILES string of the molecule is O=C(c1cccs1)N(CC1C2CN(Cc3ccc(Cc4ccccc4)cn3)CC21)c1ccc(N2CCOCC2)c(F)c1. The number of piperidine rings is 1. The van der Waals surface area contributed by atoms with Gasteiger partial charge in [0.25, 0.3) is 5.91 Å². The fourth-order valence-electron chi connectivity index (χ4n) is 6.62. The summed E-state index contributed by atoms with van der Waals surface area (Å²) in [6.07, 6.45) is 2.89. The van der Waals surface area contributed by atoms with E-state index in [0.29, 0.717) is 66.9 Å². The molecule has 2 saturated heterocycles. The quantitative estimate of drug-likeness (QED) is 0.252. The van der Waals surface area contributed by atoms with Crippen LogP contribution in [-0.4, -0.2) is 61.7 Å². The summed E-state index contributed by atoms with van der Waals surface area (Å²) in [5.41, 5.74) is 4.81. The number of anilines is 2. The Labute approximate surface area is 250 Å². The number of amides is 1. The highest BCUT2D eigenvalue weighted by Crippen LogP contribution is 2.52. The molecule has 0 spiro atoms. The molecule has 0 N–H and O–H groups in total. The fourth-order valence-corrected chi connectivity index (χ4v) is 7.30. The van der Waals surface area contributed by atoms with Gasteiger partial charge >= 0.3 is 0 Å². The summed E-state index contributed by atoms with van der Waals surface area (Å²) in [6.45, 7) is 6.01. The van der Waals surface area contributed by atoms with Gasteiger partial charge < -0.3 is 14.5 Å². The average molecular weight is 583 g/mol. The van der Waals surface area contributed by atoms with E-state index in [1.807, 2.05) is 46.8 Å². The van der Waals surface area contributed by atoms with Gasteiger partial charge in [0.05, 0.1) is 29.5 Å². The molecule has 6 nitrogen and oxygen atoms in total. The second-order valence-corrected chi connectivity index (χ2v) is 12.6. The van der Waals surface area contributed by atoms with Crippen molar-refractivity contribution in [2.24, 2.45) is 17.8 Å². The summed E-state index contributed by atoms with van der Waals surface area (Å²) >= 11 is 1.43. The Morgan fingerprint density at radius 3 is 2.48 bits per heavy atom. The maximum Gasteiger partial charge on any atom is 0.268 e. The molecule has 2 aliphatic heterocycles. The number of likely N-dealkylation sites (tertiary alicyclic amines) is 1. The van der Waals surface area contributed by atoms with Gasteiger partial charge in [0.15, 0.2) is 0 Å². The van der Waals surface area contributed by atoms with Gasteiger partial charge in [0.2, 0.25) is 0 Å². The number of carbonyl (C=O) groups is 1. The van der Waals surface area contributed by atoms with Crippen LogP contribution in [0.25, 0.3) is 0 Å². The van der Waals surface area contributed by atoms with Crippen LogP contribution < -0.4 is 9.80 Å². The minimum Gasteiger partial charge on any atom is -0.378 e. The molecule has 8 heteroatoms. The van der Waals surface area contributed by atoms with Crippen LogP contribution in [0.5, 0.6) is 0 Å². The first-order chi connectivity index (χ1) is 20.6. The molecule has 2 atom stereocenters. The van der Waals surface area contributed by atoms with Crippen molar-refractivity contribution in [2.45, 2.75) is 13.0 Å². The van der Waals surface area contributed by atoms with Gasteiger partial charge in [-0.1, -0.05) is 42.5 Å². The zero-order valence-electron chi connectivity index (χ0n) is 23.6. The molecule has 42 heavy (non-hydrogen) atoms. The van der Waals surface area contributed by atoms with Crippen LogP contribution in [0.15, 0.2) is 84.4 Å². The van der Waals surface area contributed by atoms with E-state index in [4.69, 9.17) is 9.72 Å². The molecule has 0 radical (unpaired) electrons. The Bertz CT molecular complexity index is 1500. The Morgan fingerprint density at radius 1 is 0.976 bits per heavy atom. The van der Waals surface area contributed by atoms with Crippen molar-refractivity contribution in [3.8, 4) is 0 Å². The van der Waals surface area contributed by atoms with Crippen molar-refractivity contribution in [3.05, 3.63) is 112 Å². The second-order valence-electron chi connectivity index (χ2n) is 11.6. The molecule has 3 fully saturated rings. The molecule has 1 aliphatic carbocycles. The lowest BCUT2D eigenvalue weighted by molar-refractivity contribution is 0.0988. The number of fused-ring (bicyclic) bond motifs is 1. The molecule has 7 rings (SSSR count). The number of hydrogen-bond donors (Lipinski definition) is 0. The Kier molecular flexibility index (Phi) is 7.76. The minimum atomic E-state index is -0.289. The average Bonchev–Trinajstić information content (AvgIpc) is 3.38. The fraction of sp³-hybridized carbons (Fsp3) is 0.353. The number of aromatic nitrogens is 1. The predicted octanol–water partition coefficient (Wildman–Crippen LogP) is 5.73. The molecule has 2 aromatic carbocycles. The van der Waals surface area contributed by atoms with Gasteiger partial charge in [0, 0.05) is 51.2 Å². The van der Waals surface area contributed by atoms with Gasteiger partial charge in [-0.25, -0.2) is 4.39 Å². The van der Waals surface area contributed by atoms with E-state index in [1.54, 1.807) is 4.90 Å². The second kappa shape index (κ2) is 12.0. The van der Waals surface area contributed by atoms with Crippen LogP contribution in [0, 0.1) is 23.6 Å². The molecule has 4 aromatic rings. The molecular formula is C34H35FN4O2S. The van der Waals surface area contributed by atoms with Crippen LogP contribution in [0.2, 0.25) is 0 Å². The Hall–Kier alpha value is -3.59. The molecule has 1 saturated carbocycles. The van der Waals surface area contributed by atoms with E-state index in [1.165, 1.54) is 28.5 Å². The van der Waals surface area contributed by atoms with E-state index in [-0.39, 0.29) is 11.7 Å². The van der Waals surface area contributed by atoms with Crippen molar-refractivity contribution < 1.29 is 13.9 Å². The van der Waals surface area contributed by atoms with E-state index in [9.17, 15) is 4.79 Å². The maximum absolute atomic E-state index is 15.3. The third kappa shape index (κ3) is 5.84. The number of nitrogens with zero attached hydrogens (tertiary/aromatic N) is 4. The zero-order valence-corrected chi connectivity index (χ0v) is 24.4. The van der Waals surface area contributed by atoms with Crippen LogP contribution in [-0.2, 0) is 17.7 Å². The normalized spacial score (nSPS) is 21.7. The monoisotopic (exact) mass is 582 g/mol. The minimum absolute atomic E-state index is 0.0508.